The molecule has 0 aliphatic carbocycles. The SMILES string of the molecule is Cc1cccc2c1OC[n+]1c(C)ccnc1-2. The molecule has 0 saturated heterocycles. The highest BCUT2D eigenvalue weighted by Gasteiger charge is 2.26. The number of aryl methyl sites for hydroxylation is 2. The number of para-hydroxylation sites is 1. The molecule has 1 aromatic heterocycles. The number of aromatic nitrogens is 2. The summed E-state index contributed by atoms with van der Waals surface area (Å²) >= 11 is 0. The van der Waals surface area contributed by atoms with Crippen molar-refractivity contribution in [1.29, 1.82) is 0 Å². The van der Waals surface area contributed by atoms with Crippen LogP contribution in [0.4, 0.5) is 0 Å². The fourth-order valence-electron chi connectivity index (χ4n) is 2.07. The van der Waals surface area contributed by atoms with Gasteiger partial charge in [-0.05, 0) is 30.5 Å². The Morgan fingerprint density at radius 3 is 3.00 bits per heavy atom. The maximum absolute atomic E-state index is 5.78. The lowest BCUT2D eigenvalue weighted by Gasteiger charge is -2.18. The zero-order valence-electron chi connectivity index (χ0n) is 9.40. The van der Waals surface area contributed by atoms with Crippen molar-refractivity contribution in [3.8, 4) is 17.1 Å². The number of benzene rings is 1. The van der Waals surface area contributed by atoms with Gasteiger partial charge in [0.1, 0.15) is 23.2 Å². The van der Waals surface area contributed by atoms with Gasteiger partial charge in [-0.3, -0.25) is 0 Å². The van der Waals surface area contributed by atoms with Crippen LogP contribution in [0.1, 0.15) is 11.3 Å². The summed E-state index contributed by atoms with van der Waals surface area (Å²) in [7, 11) is 0. The Morgan fingerprint density at radius 1 is 1.25 bits per heavy atom. The molecule has 0 atom stereocenters. The molecule has 3 nitrogen and oxygen atoms in total. The van der Waals surface area contributed by atoms with Crippen molar-refractivity contribution in [1.82, 2.24) is 4.98 Å². The summed E-state index contributed by atoms with van der Waals surface area (Å²) in [6, 6.07) is 8.15. The van der Waals surface area contributed by atoms with Crippen molar-refractivity contribution >= 4 is 0 Å². The van der Waals surface area contributed by atoms with Crippen LogP contribution in [-0.2, 0) is 6.73 Å². The van der Waals surface area contributed by atoms with Gasteiger partial charge in [0.25, 0.3) is 0 Å². The Labute approximate surface area is 94.3 Å². The highest BCUT2D eigenvalue weighted by Crippen LogP contribution is 2.32. The van der Waals surface area contributed by atoms with E-state index in [2.05, 4.69) is 35.5 Å². The van der Waals surface area contributed by atoms with E-state index < -0.39 is 0 Å². The molecule has 3 heteroatoms. The molecule has 0 saturated carbocycles. The first-order chi connectivity index (χ1) is 7.77. The Balaban J connectivity index is 2.32. The Morgan fingerprint density at radius 2 is 2.12 bits per heavy atom. The van der Waals surface area contributed by atoms with Gasteiger partial charge in [-0.1, -0.05) is 12.1 Å². The van der Waals surface area contributed by atoms with E-state index in [9.17, 15) is 0 Å². The zero-order valence-corrected chi connectivity index (χ0v) is 9.40. The molecule has 0 amide bonds. The summed E-state index contributed by atoms with van der Waals surface area (Å²) in [4.78, 5) is 4.45. The van der Waals surface area contributed by atoms with Crippen molar-refractivity contribution in [3.05, 3.63) is 41.7 Å². The largest absolute Gasteiger partial charge is 0.453 e. The summed E-state index contributed by atoms with van der Waals surface area (Å²) in [5, 5.41) is 0. The second-order valence-electron chi connectivity index (χ2n) is 4.06. The van der Waals surface area contributed by atoms with Gasteiger partial charge < -0.3 is 4.74 Å². The summed E-state index contributed by atoms with van der Waals surface area (Å²) in [5.74, 6) is 1.95. The predicted molar refractivity (Wildman–Crippen MR) is 60.0 cm³/mol. The molecule has 3 rings (SSSR count). The van der Waals surface area contributed by atoms with Crippen molar-refractivity contribution in [2.75, 3.05) is 0 Å². The summed E-state index contributed by atoms with van der Waals surface area (Å²) < 4.78 is 7.87. The third kappa shape index (κ3) is 1.21. The number of nitrogens with zero attached hydrogens (tertiary/aromatic N) is 2. The first-order valence-corrected chi connectivity index (χ1v) is 5.35. The van der Waals surface area contributed by atoms with Crippen LogP contribution in [0.5, 0.6) is 5.75 Å². The molecule has 2 heterocycles. The molecule has 0 radical (unpaired) electrons. The summed E-state index contributed by atoms with van der Waals surface area (Å²) in [6.45, 7) is 4.67. The second kappa shape index (κ2) is 3.30. The van der Waals surface area contributed by atoms with Crippen molar-refractivity contribution in [2.24, 2.45) is 0 Å². The third-order valence-corrected chi connectivity index (χ3v) is 2.98. The van der Waals surface area contributed by atoms with Gasteiger partial charge in [-0.2, -0.15) is 4.57 Å². The van der Waals surface area contributed by atoms with Crippen LogP contribution in [-0.4, -0.2) is 4.98 Å². The summed E-state index contributed by atoms with van der Waals surface area (Å²) in [6.07, 6.45) is 1.85. The Bertz CT molecular complexity index is 512. The number of hydrogen-bond acceptors (Lipinski definition) is 2. The topological polar surface area (TPSA) is 26.0 Å². The van der Waals surface area contributed by atoms with Crippen LogP contribution < -0.4 is 9.30 Å². The van der Waals surface area contributed by atoms with Crippen LogP contribution >= 0.6 is 0 Å². The lowest BCUT2D eigenvalue weighted by molar-refractivity contribution is -0.725. The summed E-state index contributed by atoms with van der Waals surface area (Å²) in [5.41, 5.74) is 3.40. The molecular formula is C13H13N2O+. The standard InChI is InChI=1S/C13H13N2O/c1-9-4-3-5-11-12(9)16-8-15-10(2)6-7-14-13(11)15/h3-7H,8H2,1-2H3/q+1. The van der Waals surface area contributed by atoms with Gasteiger partial charge in [-0.15, -0.1) is 0 Å². The molecule has 0 bridgehead atoms. The smallest absolute Gasteiger partial charge is 0.336 e. The minimum Gasteiger partial charge on any atom is -0.453 e. The molecule has 0 fully saturated rings. The van der Waals surface area contributed by atoms with Crippen molar-refractivity contribution in [3.63, 3.8) is 0 Å². The van der Waals surface area contributed by atoms with Gasteiger partial charge in [0.15, 0.2) is 0 Å². The molecule has 16 heavy (non-hydrogen) atoms. The van der Waals surface area contributed by atoms with Crippen molar-refractivity contribution < 1.29 is 9.30 Å². The molecule has 2 aromatic rings. The van der Waals surface area contributed by atoms with E-state index in [1.807, 2.05) is 18.3 Å². The van der Waals surface area contributed by atoms with Gasteiger partial charge in [-0.25, -0.2) is 0 Å². The Hall–Kier alpha value is -1.90. The van der Waals surface area contributed by atoms with Crippen LogP contribution in [0.2, 0.25) is 0 Å². The van der Waals surface area contributed by atoms with Crippen LogP contribution in [0, 0.1) is 13.8 Å². The van der Waals surface area contributed by atoms with E-state index in [4.69, 9.17) is 4.74 Å². The maximum Gasteiger partial charge on any atom is 0.336 e. The second-order valence-corrected chi connectivity index (χ2v) is 4.06. The molecule has 1 aromatic carbocycles. The number of ether oxygens (including phenoxy) is 1. The monoisotopic (exact) mass is 213 g/mol. The number of hydrogen-bond donors (Lipinski definition) is 0. The first-order valence-electron chi connectivity index (χ1n) is 5.35. The van der Waals surface area contributed by atoms with Crippen LogP contribution in [0.15, 0.2) is 30.5 Å². The van der Waals surface area contributed by atoms with Crippen LogP contribution in [0.3, 0.4) is 0 Å². The quantitative estimate of drug-likeness (QED) is 0.626. The maximum atomic E-state index is 5.78. The molecule has 0 spiro atoms. The lowest BCUT2D eigenvalue weighted by atomic mass is 10.1. The molecule has 1 aliphatic rings. The fourth-order valence-corrected chi connectivity index (χ4v) is 2.07. The highest BCUT2D eigenvalue weighted by molar-refractivity contribution is 5.65. The van der Waals surface area contributed by atoms with E-state index in [-0.39, 0.29) is 0 Å². The van der Waals surface area contributed by atoms with E-state index >= 15 is 0 Å². The Kier molecular flexibility index (Phi) is 1.93. The average molecular weight is 213 g/mol. The number of rotatable bonds is 0. The third-order valence-electron chi connectivity index (χ3n) is 2.98. The number of fused-ring (bicyclic) bond motifs is 3. The zero-order chi connectivity index (χ0) is 11.1. The highest BCUT2D eigenvalue weighted by atomic mass is 16.5. The normalized spacial score (nSPS) is 12.6. The molecular weight excluding hydrogens is 200 g/mol. The van der Waals surface area contributed by atoms with E-state index in [0.717, 1.165) is 28.4 Å². The molecule has 1 aliphatic heterocycles. The minimum atomic E-state index is 0.548. The minimum absolute atomic E-state index is 0.548. The fraction of sp³-hybridized carbons (Fsp3) is 0.231. The van der Waals surface area contributed by atoms with E-state index in [0.29, 0.717) is 6.73 Å². The molecule has 0 unspecified atom stereocenters. The molecule has 80 valence electrons. The van der Waals surface area contributed by atoms with Gasteiger partial charge >= 0.3 is 5.82 Å². The average Bonchev–Trinajstić information content (AvgIpc) is 2.30. The lowest BCUT2D eigenvalue weighted by Crippen LogP contribution is -2.45. The molecule has 0 N–H and O–H groups in total. The van der Waals surface area contributed by atoms with E-state index in [1.165, 1.54) is 0 Å². The van der Waals surface area contributed by atoms with Crippen molar-refractivity contribution in [2.45, 2.75) is 20.6 Å². The first kappa shape index (κ1) is 9.33. The van der Waals surface area contributed by atoms with Gasteiger partial charge in [0.05, 0.1) is 0 Å². The van der Waals surface area contributed by atoms with Gasteiger partial charge in [0.2, 0.25) is 6.73 Å². The van der Waals surface area contributed by atoms with Gasteiger partial charge in [0, 0.05) is 6.07 Å². The van der Waals surface area contributed by atoms with E-state index in [1.54, 1.807) is 0 Å². The predicted octanol–water partition coefficient (Wildman–Crippen LogP) is 2.00. The van der Waals surface area contributed by atoms with Crippen LogP contribution in [0.25, 0.3) is 11.4 Å².